The van der Waals surface area contributed by atoms with E-state index in [9.17, 15) is 13.2 Å². The van der Waals surface area contributed by atoms with Crippen molar-refractivity contribution in [1.82, 2.24) is 0 Å². The van der Waals surface area contributed by atoms with Gasteiger partial charge in [-0.2, -0.15) is 0 Å². The summed E-state index contributed by atoms with van der Waals surface area (Å²) in [6.45, 7) is 3.38. The molecule has 2 aromatic rings. The van der Waals surface area contributed by atoms with Gasteiger partial charge in [-0.3, -0.25) is 9.52 Å². The van der Waals surface area contributed by atoms with Gasteiger partial charge >= 0.3 is 0 Å². The van der Waals surface area contributed by atoms with Crippen LogP contribution in [0.5, 0.6) is 0 Å². The molecule has 0 atom stereocenters. The Bertz CT molecular complexity index is 768. The van der Waals surface area contributed by atoms with Gasteiger partial charge in [0, 0.05) is 6.92 Å². The highest BCUT2D eigenvalue weighted by atomic mass is 32.2. The molecule has 2 aromatic carbocycles. The van der Waals surface area contributed by atoms with Crippen LogP contribution in [0.15, 0.2) is 53.4 Å². The number of carbonyl (C=O) groups is 1. The fraction of sp³-hybridized carbons (Fsp3) is 0.188. The van der Waals surface area contributed by atoms with Crippen LogP contribution in [0, 0.1) is 0 Å². The SMILES string of the molecule is CCc1ccc(S(=O)(=O)Nc2ccccc2NC(C)=O)cc1. The molecule has 0 unspecified atom stereocenters. The fourth-order valence-corrected chi connectivity index (χ4v) is 3.06. The van der Waals surface area contributed by atoms with Crippen molar-refractivity contribution in [3.05, 3.63) is 54.1 Å². The summed E-state index contributed by atoms with van der Waals surface area (Å²) in [6.07, 6.45) is 0.846. The van der Waals surface area contributed by atoms with Crippen molar-refractivity contribution in [2.24, 2.45) is 0 Å². The lowest BCUT2D eigenvalue weighted by atomic mass is 10.2. The van der Waals surface area contributed by atoms with Gasteiger partial charge in [0.25, 0.3) is 10.0 Å². The predicted octanol–water partition coefficient (Wildman–Crippen LogP) is 3.01. The van der Waals surface area contributed by atoms with Gasteiger partial charge in [0.05, 0.1) is 16.3 Å². The highest BCUT2D eigenvalue weighted by molar-refractivity contribution is 7.92. The van der Waals surface area contributed by atoms with Crippen LogP contribution in [0.2, 0.25) is 0 Å². The van der Waals surface area contributed by atoms with Gasteiger partial charge in [-0.25, -0.2) is 8.42 Å². The lowest BCUT2D eigenvalue weighted by Gasteiger charge is -2.13. The molecular weight excluding hydrogens is 300 g/mol. The monoisotopic (exact) mass is 318 g/mol. The van der Waals surface area contributed by atoms with Gasteiger partial charge in [0.15, 0.2) is 0 Å². The lowest BCUT2D eigenvalue weighted by Crippen LogP contribution is -2.15. The van der Waals surface area contributed by atoms with E-state index >= 15 is 0 Å². The zero-order chi connectivity index (χ0) is 16.2. The molecule has 0 bridgehead atoms. The second kappa shape index (κ2) is 6.62. The van der Waals surface area contributed by atoms with Crippen LogP contribution >= 0.6 is 0 Å². The van der Waals surface area contributed by atoms with Crippen molar-refractivity contribution in [2.75, 3.05) is 10.0 Å². The fourth-order valence-electron chi connectivity index (χ4n) is 1.98. The summed E-state index contributed by atoms with van der Waals surface area (Å²) in [4.78, 5) is 11.4. The third kappa shape index (κ3) is 3.85. The van der Waals surface area contributed by atoms with Crippen LogP contribution in [0.3, 0.4) is 0 Å². The molecule has 2 N–H and O–H groups in total. The second-order valence-corrected chi connectivity index (χ2v) is 6.51. The molecule has 0 saturated heterocycles. The summed E-state index contributed by atoms with van der Waals surface area (Å²) in [6, 6.07) is 13.4. The Kier molecular flexibility index (Phi) is 4.82. The van der Waals surface area contributed by atoms with Crippen molar-refractivity contribution >= 4 is 27.3 Å². The molecule has 22 heavy (non-hydrogen) atoms. The van der Waals surface area contributed by atoms with Crippen molar-refractivity contribution in [1.29, 1.82) is 0 Å². The first-order chi connectivity index (χ1) is 10.4. The molecule has 0 aliphatic carbocycles. The molecule has 0 saturated carbocycles. The zero-order valence-electron chi connectivity index (χ0n) is 12.5. The van der Waals surface area contributed by atoms with Gasteiger partial charge < -0.3 is 5.32 Å². The molecule has 6 heteroatoms. The number of carbonyl (C=O) groups excluding carboxylic acids is 1. The molecule has 0 fully saturated rings. The van der Waals surface area contributed by atoms with E-state index in [1.807, 2.05) is 6.92 Å². The average Bonchev–Trinajstić information content (AvgIpc) is 2.48. The lowest BCUT2D eigenvalue weighted by molar-refractivity contribution is -0.114. The summed E-state index contributed by atoms with van der Waals surface area (Å²) in [5.74, 6) is -0.265. The molecule has 0 radical (unpaired) electrons. The largest absolute Gasteiger partial charge is 0.325 e. The van der Waals surface area contributed by atoms with Gasteiger partial charge in [0.2, 0.25) is 5.91 Å². The number of benzene rings is 2. The highest BCUT2D eigenvalue weighted by Gasteiger charge is 2.16. The minimum Gasteiger partial charge on any atom is -0.325 e. The predicted molar refractivity (Wildman–Crippen MR) is 87.4 cm³/mol. The van der Waals surface area contributed by atoms with Gasteiger partial charge in [-0.15, -0.1) is 0 Å². The van der Waals surface area contributed by atoms with E-state index in [0.29, 0.717) is 11.4 Å². The number of rotatable bonds is 5. The van der Waals surface area contributed by atoms with Crippen LogP contribution in [0.4, 0.5) is 11.4 Å². The van der Waals surface area contributed by atoms with Crippen LogP contribution in [-0.2, 0) is 21.2 Å². The molecule has 2 rings (SSSR count). The summed E-state index contributed by atoms with van der Waals surface area (Å²) >= 11 is 0. The van der Waals surface area contributed by atoms with Crippen LogP contribution in [0.25, 0.3) is 0 Å². The van der Waals surface area contributed by atoms with Crippen LogP contribution in [0.1, 0.15) is 19.4 Å². The van der Waals surface area contributed by atoms with Gasteiger partial charge in [-0.1, -0.05) is 31.2 Å². The second-order valence-electron chi connectivity index (χ2n) is 4.83. The molecule has 0 aromatic heterocycles. The number of sulfonamides is 1. The number of aryl methyl sites for hydroxylation is 1. The van der Waals surface area contributed by atoms with Crippen molar-refractivity contribution in [2.45, 2.75) is 25.2 Å². The maximum Gasteiger partial charge on any atom is 0.261 e. The summed E-state index contributed by atoms with van der Waals surface area (Å²) in [5.41, 5.74) is 1.82. The molecule has 0 heterocycles. The van der Waals surface area contributed by atoms with E-state index in [4.69, 9.17) is 0 Å². The zero-order valence-corrected chi connectivity index (χ0v) is 13.3. The maximum absolute atomic E-state index is 12.4. The normalized spacial score (nSPS) is 11.0. The number of hydrogen-bond acceptors (Lipinski definition) is 3. The first kappa shape index (κ1) is 16.0. The van der Waals surface area contributed by atoms with Crippen molar-refractivity contribution < 1.29 is 13.2 Å². The Morgan fingerprint density at radius 3 is 2.14 bits per heavy atom. The first-order valence-corrected chi connectivity index (χ1v) is 8.39. The average molecular weight is 318 g/mol. The number of nitrogens with one attached hydrogen (secondary N) is 2. The first-order valence-electron chi connectivity index (χ1n) is 6.91. The third-order valence-electron chi connectivity index (χ3n) is 3.12. The Labute approximate surface area is 130 Å². The summed E-state index contributed by atoms with van der Waals surface area (Å²) in [5, 5.41) is 2.60. The van der Waals surface area contributed by atoms with E-state index in [-0.39, 0.29) is 10.8 Å². The number of anilines is 2. The minimum absolute atomic E-state index is 0.183. The topological polar surface area (TPSA) is 75.3 Å². The van der Waals surface area contributed by atoms with Crippen molar-refractivity contribution in [3.8, 4) is 0 Å². The molecule has 0 aliphatic heterocycles. The molecule has 0 spiro atoms. The highest BCUT2D eigenvalue weighted by Crippen LogP contribution is 2.24. The summed E-state index contributed by atoms with van der Waals surface area (Å²) < 4.78 is 27.3. The van der Waals surface area contributed by atoms with E-state index < -0.39 is 10.0 Å². The van der Waals surface area contributed by atoms with E-state index in [0.717, 1.165) is 12.0 Å². The van der Waals surface area contributed by atoms with Crippen LogP contribution < -0.4 is 10.0 Å². The number of hydrogen-bond donors (Lipinski definition) is 2. The number of amides is 1. The van der Waals surface area contributed by atoms with Crippen LogP contribution in [-0.4, -0.2) is 14.3 Å². The Hall–Kier alpha value is -2.34. The van der Waals surface area contributed by atoms with Crippen molar-refractivity contribution in [3.63, 3.8) is 0 Å². The Morgan fingerprint density at radius 2 is 1.59 bits per heavy atom. The molecular formula is C16H18N2O3S. The quantitative estimate of drug-likeness (QED) is 0.890. The standard InChI is InChI=1S/C16H18N2O3S/c1-3-13-8-10-14(11-9-13)22(20,21)18-16-7-5-4-6-15(16)17-12(2)19/h4-11,18H,3H2,1-2H3,(H,17,19). The molecule has 116 valence electrons. The van der Waals surface area contributed by atoms with Gasteiger partial charge in [-0.05, 0) is 36.2 Å². The van der Waals surface area contributed by atoms with E-state index in [1.165, 1.54) is 6.92 Å². The Balaban J connectivity index is 2.30. The number of para-hydroxylation sites is 2. The minimum atomic E-state index is -3.70. The van der Waals surface area contributed by atoms with E-state index in [1.54, 1.807) is 48.5 Å². The molecule has 1 amide bonds. The Morgan fingerprint density at radius 1 is 1.00 bits per heavy atom. The smallest absolute Gasteiger partial charge is 0.261 e. The molecule has 0 aliphatic rings. The maximum atomic E-state index is 12.4. The van der Waals surface area contributed by atoms with Gasteiger partial charge in [0.1, 0.15) is 0 Å². The van der Waals surface area contributed by atoms with E-state index in [2.05, 4.69) is 10.0 Å². The summed E-state index contributed by atoms with van der Waals surface area (Å²) in [7, 11) is -3.70. The third-order valence-corrected chi connectivity index (χ3v) is 4.51. The molecule has 5 nitrogen and oxygen atoms in total.